The SMILES string of the molecule is Cc1ccc(-c2nn(Cc3ccccc3)cc2C(=O)NCC(=O)N(C)C)cc1. The maximum Gasteiger partial charge on any atom is 0.255 e. The topological polar surface area (TPSA) is 67.2 Å². The van der Waals surface area contributed by atoms with Crippen LogP contribution >= 0.6 is 0 Å². The van der Waals surface area contributed by atoms with E-state index in [9.17, 15) is 9.59 Å². The van der Waals surface area contributed by atoms with Crippen LogP contribution in [0, 0.1) is 6.92 Å². The van der Waals surface area contributed by atoms with Gasteiger partial charge in [0.05, 0.1) is 18.7 Å². The molecule has 2 amide bonds. The standard InChI is InChI=1S/C22H24N4O2/c1-16-9-11-18(12-10-16)21-19(22(28)23-13-20(27)25(2)3)15-26(24-21)14-17-7-5-4-6-8-17/h4-12,15H,13-14H2,1-3H3,(H,23,28). The molecule has 6 heteroatoms. The predicted molar refractivity (Wildman–Crippen MR) is 109 cm³/mol. The fourth-order valence-electron chi connectivity index (χ4n) is 2.77. The summed E-state index contributed by atoms with van der Waals surface area (Å²) in [5, 5.41) is 7.34. The van der Waals surface area contributed by atoms with Crippen LogP contribution in [-0.2, 0) is 11.3 Å². The van der Waals surface area contributed by atoms with E-state index in [4.69, 9.17) is 0 Å². The van der Waals surface area contributed by atoms with Crippen molar-refractivity contribution in [1.29, 1.82) is 0 Å². The van der Waals surface area contributed by atoms with Crippen molar-refractivity contribution in [1.82, 2.24) is 20.0 Å². The number of aryl methyl sites for hydroxylation is 1. The molecule has 0 aliphatic heterocycles. The van der Waals surface area contributed by atoms with Crippen molar-refractivity contribution in [3.8, 4) is 11.3 Å². The van der Waals surface area contributed by atoms with Crippen molar-refractivity contribution in [2.75, 3.05) is 20.6 Å². The van der Waals surface area contributed by atoms with Crippen molar-refractivity contribution in [2.45, 2.75) is 13.5 Å². The lowest BCUT2D eigenvalue weighted by molar-refractivity contribution is -0.127. The van der Waals surface area contributed by atoms with E-state index >= 15 is 0 Å². The van der Waals surface area contributed by atoms with E-state index in [1.54, 1.807) is 25.0 Å². The van der Waals surface area contributed by atoms with Gasteiger partial charge in [-0.1, -0.05) is 60.2 Å². The van der Waals surface area contributed by atoms with Crippen LogP contribution < -0.4 is 5.32 Å². The largest absolute Gasteiger partial charge is 0.347 e. The number of nitrogens with one attached hydrogen (secondary N) is 1. The van der Waals surface area contributed by atoms with Gasteiger partial charge in [-0.25, -0.2) is 0 Å². The normalized spacial score (nSPS) is 10.5. The zero-order chi connectivity index (χ0) is 20.1. The molecule has 0 unspecified atom stereocenters. The molecule has 28 heavy (non-hydrogen) atoms. The van der Waals surface area contributed by atoms with Crippen molar-refractivity contribution in [3.63, 3.8) is 0 Å². The van der Waals surface area contributed by atoms with Crippen LogP contribution in [-0.4, -0.2) is 47.1 Å². The number of aromatic nitrogens is 2. The lowest BCUT2D eigenvalue weighted by atomic mass is 10.1. The summed E-state index contributed by atoms with van der Waals surface area (Å²) in [6.45, 7) is 2.52. The van der Waals surface area contributed by atoms with Crippen LogP contribution in [0.25, 0.3) is 11.3 Å². The lowest BCUT2D eigenvalue weighted by Crippen LogP contribution is -2.36. The number of hydrogen-bond donors (Lipinski definition) is 1. The molecule has 3 rings (SSSR count). The molecule has 0 aliphatic rings. The Labute approximate surface area is 164 Å². The summed E-state index contributed by atoms with van der Waals surface area (Å²) in [6.07, 6.45) is 1.73. The zero-order valence-electron chi connectivity index (χ0n) is 16.3. The Morgan fingerprint density at radius 2 is 1.71 bits per heavy atom. The van der Waals surface area contributed by atoms with E-state index in [0.717, 1.165) is 16.7 Å². The Morgan fingerprint density at radius 1 is 1.04 bits per heavy atom. The van der Waals surface area contributed by atoms with Crippen LogP contribution in [0.15, 0.2) is 60.8 Å². The Morgan fingerprint density at radius 3 is 2.36 bits per heavy atom. The third-order valence-corrected chi connectivity index (χ3v) is 4.42. The summed E-state index contributed by atoms with van der Waals surface area (Å²) in [5.41, 5.74) is 4.14. The Bertz CT molecular complexity index is 960. The molecule has 0 spiro atoms. The average molecular weight is 376 g/mol. The second-order valence-electron chi connectivity index (χ2n) is 6.91. The molecule has 0 fully saturated rings. The third-order valence-electron chi connectivity index (χ3n) is 4.42. The number of hydrogen-bond acceptors (Lipinski definition) is 3. The molecule has 1 aromatic heterocycles. The van der Waals surface area contributed by atoms with Gasteiger partial charge in [-0.2, -0.15) is 5.10 Å². The van der Waals surface area contributed by atoms with Crippen molar-refractivity contribution < 1.29 is 9.59 Å². The first-order chi connectivity index (χ1) is 13.4. The number of rotatable bonds is 6. The molecule has 6 nitrogen and oxygen atoms in total. The van der Waals surface area contributed by atoms with Crippen LogP contribution in [0.1, 0.15) is 21.5 Å². The van der Waals surface area contributed by atoms with Gasteiger partial charge < -0.3 is 10.2 Å². The quantitative estimate of drug-likeness (QED) is 0.719. The minimum absolute atomic E-state index is 0.0525. The molecule has 2 aromatic carbocycles. The third kappa shape index (κ3) is 4.65. The molecule has 0 atom stereocenters. The van der Waals surface area contributed by atoms with Gasteiger partial charge in [-0.05, 0) is 12.5 Å². The second kappa shape index (κ2) is 8.52. The van der Waals surface area contributed by atoms with Crippen LogP contribution in [0.5, 0.6) is 0 Å². The maximum absolute atomic E-state index is 12.8. The minimum atomic E-state index is -0.315. The number of likely N-dealkylation sites (N-methyl/N-ethyl adjacent to an activating group) is 1. The van der Waals surface area contributed by atoms with Gasteiger partial charge in [-0.15, -0.1) is 0 Å². The van der Waals surface area contributed by atoms with Gasteiger partial charge in [0.1, 0.15) is 5.69 Å². The minimum Gasteiger partial charge on any atom is -0.347 e. The predicted octanol–water partition coefficient (Wildman–Crippen LogP) is 2.72. The van der Waals surface area contributed by atoms with Crippen LogP contribution in [0.4, 0.5) is 0 Å². The number of amides is 2. The van der Waals surface area contributed by atoms with Crippen LogP contribution in [0.2, 0.25) is 0 Å². The van der Waals surface area contributed by atoms with Crippen LogP contribution in [0.3, 0.4) is 0 Å². The van der Waals surface area contributed by atoms with Crippen molar-refractivity contribution in [2.24, 2.45) is 0 Å². The maximum atomic E-state index is 12.8. The molecule has 3 aromatic rings. The van der Waals surface area contributed by atoms with Crippen molar-refractivity contribution >= 4 is 11.8 Å². The molecule has 1 N–H and O–H groups in total. The number of carbonyl (C=O) groups is 2. The fraction of sp³-hybridized carbons (Fsp3) is 0.227. The summed E-state index contributed by atoms with van der Waals surface area (Å²) >= 11 is 0. The molecular weight excluding hydrogens is 352 g/mol. The summed E-state index contributed by atoms with van der Waals surface area (Å²) in [6, 6.07) is 17.8. The lowest BCUT2D eigenvalue weighted by Gasteiger charge is -2.10. The molecule has 0 saturated carbocycles. The number of nitrogens with zero attached hydrogens (tertiary/aromatic N) is 3. The first-order valence-electron chi connectivity index (χ1n) is 9.11. The first kappa shape index (κ1) is 19.4. The summed E-state index contributed by atoms with van der Waals surface area (Å²) in [7, 11) is 3.31. The molecule has 0 bridgehead atoms. The Balaban J connectivity index is 1.90. The highest BCUT2D eigenvalue weighted by atomic mass is 16.2. The number of carbonyl (C=O) groups excluding carboxylic acids is 2. The Kier molecular flexibility index (Phi) is 5.89. The summed E-state index contributed by atoms with van der Waals surface area (Å²) in [5.74, 6) is -0.480. The molecule has 0 aliphatic carbocycles. The zero-order valence-corrected chi connectivity index (χ0v) is 16.3. The monoisotopic (exact) mass is 376 g/mol. The van der Waals surface area contributed by atoms with E-state index in [1.165, 1.54) is 4.90 Å². The van der Waals surface area contributed by atoms with E-state index in [0.29, 0.717) is 17.8 Å². The van der Waals surface area contributed by atoms with Crippen molar-refractivity contribution in [3.05, 3.63) is 77.5 Å². The fourth-order valence-corrected chi connectivity index (χ4v) is 2.77. The van der Waals surface area contributed by atoms with Gasteiger partial charge in [-0.3, -0.25) is 14.3 Å². The molecule has 0 radical (unpaired) electrons. The van der Waals surface area contributed by atoms with E-state index in [1.807, 2.05) is 61.5 Å². The average Bonchev–Trinajstić information content (AvgIpc) is 3.11. The smallest absolute Gasteiger partial charge is 0.255 e. The van der Waals surface area contributed by atoms with Gasteiger partial charge in [0.15, 0.2) is 0 Å². The van der Waals surface area contributed by atoms with Gasteiger partial charge in [0.2, 0.25) is 5.91 Å². The molecular formula is C22H24N4O2. The molecule has 1 heterocycles. The highest BCUT2D eigenvalue weighted by molar-refractivity contribution is 6.01. The van der Waals surface area contributed by atoms with Gasteiger partial charge in [0.25, 0.3) is 5.91 Å². The van der Waals surface area contributed by atoms with Gasteiger partial charge >= 0.3 is 0 Å². The molecule has 0 saturated heterocycles. The summed E-state index contributed by atoms with van der Waals surface area (Å²) < 4.78 is 1.76. The first-order valence-corrected chi connectivity index (χ1v) is 9.11. The highest BCUT2D eigenvalue weighted by Crippen LogP contribution is 2.23. The van der Waals surface area contributed by atoms with E-state index in [-0.39, 0.29) is 18.4 Å². The number of benzene rings is 2. The van der Waals surface area contributed by atoms with Gasteiger partial charge in [0, 0.05) is 25.9 Å². The van der Waals surface area contributed by atoms with E-state index < -0.39 is 0 Å². The van der Waals surface area contributed by atoms with E-state index in [2.05, 4.69) is 10.4 Å². The summed E-state index contributed by atoms with van der Waals surface area (Å²) in [4.78, 5) is 26.0. The highest BCUT2D eigenvalue weighted by Gasteiger charge is 2.19. The molecule has 144 valence electrons. The Hall–Kier alpha value is -3.41. The second-order valence-corrected chi connectivity index (χ2v) is 6.91.